The first-order chi connectivity index (χ1) is 34.8. The van der Waals surface area contributed by atoms with Crippen molar-refractivity contribution >= 4 is 65.0 Å². The number of aromatic amines is 2. The highest BCUT2D eigenvalue weighted by molar-refractivity contribution is 5.98. The van der Waals surface area contributed by atoms with Crippen LogP contribution in [0, 0.1) is 5.92 Å². The van der Waals surface area contributed by atoms with E-state index in [2.05, 4.69) is 57.8 Å². The van der Waals surface area contributed by atoms with Gasteiger partial charge in [-0.15, -0.1) is 0 Å². The number of rotatable bonds is 12. The number of carboxylic acid groups (broad SMARTS) is 1. The first-order valence-corrected chi connectivity index (χ1v) is 23.8. The lowest BCUT2D eigenvalue weighted by atomic mass is 10.0. The molecule has 2 fully saturated rings. The van der Waals surface area contributed by atoms with E-state index in [-0.39, 0.29) is 38.0 Å². The number of nitrogens with zero attached hydrogens (tertiary/aromatic N) is 1. The topological polar surface area (TPSA) is 370 Å². The molecule has 3 heterocycles. The number of benzene rings is 2. The van der Waals surface area contributed by atoms with Crippen LogP contribution < -0.4 is 52.8 Å². The first kappa shape index (κ1) is 55.5. The molecule has 0 unspecified atom stereocenters. The van der Waals surface area contributed by atoms with E-state index in [1.807, 2.05) is 0 Å². The molecule has 2 aliphatic rings. The van der Waals surface area contributed by atoms with Crippen molar-refractivity contribution in [3.05, 3.63) is 83.9 Å². The highest BCUT2D eigenvalue weighted by Gasteiger charge is 2.41. The third-order valence-corrected chi connectivity index (χ3v) is 12.0. The molecule has 3 aromatic rings. The summed E-state index contributed by atoms with van der Waals surface area (Å²) in [6.07, 6.45) is 2.15. The number of amides is 10. The number of carbonyl (C=O) groups is 11. The van der Waals surface area contributed by atoms with Crippen LogP contribution in [0.1, 0.15) is 63.3 Å². The van der Waals surface area contributed by atoms with Gasteiger partial charge in [0.05, 0.1) is 19.6 Å². The van der Waals surface area contributed by atoms with E-state index in [0.717, 1.165) is 0 Å². The number of imidazole rings is 1. The number of hydrogen-bond donors (Lipinski definition) is 12. The van der Waals surface area contributed by atoms with Crippen molar-refractivity contribution in [2.45, 2.75) is 108 Å². The van der Waals surface area contributed by atoms with Crippen LogP contribution in [0.4, 0.5) is 0 Å². The van der Waals surface area contributed by atoms with Gasteiger partial charge in [0.2, 0.25) is 65.4 Å². The molecule has 7 atom stereocenters. The highest BCUT2D eigenvalue weighted by Crippen LogP contribution is 2.22. The molecule has 73 heavy (non-hydrogen) atoms. The normalized spacial score (nSPS) is 22.2. The number of phenolic OH excluding ortho intramolecular Hbond substituents is 1. The average molecular weight is 1020 g/mol. The Balaban J connectivity index is 1.43. The minimum absolute atomic E-state index is 0.0665. The average Bonchev–Trinajstić information content (AvgIpc) is 4.08. The van der Waals surface area contributed by atoms with Crippen LogP contribution >= 0.6 is 0 Å². The van der Waals surface area contributed by atoms with Crippen LogP contribution in [0.2, 0.25) is 0 Å². The summed E-state index contributed by atoms with van der Waals surface area (Å²) in [5.74, 6) is -10.1. The Morgan fingerprint density at radius 2 is 1.37 bits per heavy atom. The number of carboxylic acids is 1. The number of fused-ring (bicyclic) bond motifs is 1. The SMILES string of the molecule is CC(C)[C@@H]1NC(=O)[C@H](Cc2c[nH+]c[nH]2)NC(=O)CNC(=O)[C@H](C)NC(=O)CNC(=O)CNC(=O)CC[C@@H](C(=O)N[C@@H](Cc2ccc(O)cc2)C(=O)N[C@@H](Cc2ccccc2)C(=O)O)NC(=O)[C@@H]2CCCN2C1=O. The van der Waals surface area contributed by atoms with Crippen LogP contribution in [-0.2, 0) is 72.0 Å². The standard InChI is InChI=1S/C48H62N12O13/c1-26(2)41-47(71)60-17-7-10-36(60)46(70)56-32(43(67)57-33(18-29-11-13-31(61)14-12-29)44(68)58-35(48(72)73)19-28-8-5-4-6-9-28)15-16-37(62)50-22-38(63)51-23-39(64)54-27(3)42(66)52-24-40(65)55-34(45(69)59-41)20-30-21-49-25-53-30/h4-6,8-9,11-14,21,25-27,32-36,41,61H,7,10,15-20,22-24H2,1-3H3,(H,49,53)(H,50,62)(H,51,63)(H,52,66)(H,54,64)(H,55,65)(H,56,70)(H,57,67)(H,58,68)(H,59,69)(H,72,73)/p+1/t27-,32-,33-,34-,35-,36-,41-/m0/s1. The number of aromatic hydroxyl groups is 1. The molecule has 10 amide bonds. The maximum absolute atomic E-state index is 14.4. The molecule has 25 heteroatoms. The second-order valence-corrected chi connectivity index (χ2v) is 18.1. The fourth-order valence-corrected chi connectivity index (χ4v) is 8.03. The number of hydrogen-bond acceptors (Lipinski definition) is 12. The molecule has 0 bridgehead atoms. The Labute approximate surface area is 419 Å². The molecule has 2 aliphatic heterocycles. The summed E-state index contributed by atoms with van der Waals surface area (Å²) >= 11 is 0. The summed E-state index contributed by atoms with van der Waals surface area (Å²) in [4.78, 5) is 155. The minimum Gasteiger partial charge on any atom is -0.508 e. The van der Waals surface area contributed by atoms with E-state index in [0.29, 0.717) is 23.2 Å². The Bertz CT molecular complexity index is 2470. The van der Waals surface area contributed by atoms with Gasteiger partial charge in [-0.25, -0.2) is 9.78 Å². The third kappa shape index (κ3) is 17.2. The number of carbonyl (C=O) groups excluding carboxylic acids is 10. The van der Waals surface area contributed by atoms with Gasteiger partial charge in [-0.1, -0.05) is 56.3 Å². The highest BCUT2D eigenvalue weighted by atomic mass is 16.4. The Kier molecular flexibility index (Phi) is 20.3. The van der Waals surface area contributed by atoms with Crippen LogP contribution in [0.15, 0.2) is 67.1 Å². The first-order valence-electron chi connectivity index (χ1n) is 23.8. The van der Waals surface area contributed by atoms with Crippen LogP contribution in [0.25, 0.3) is 0 Å². The molecule has 1 aromatic heterocycles. The van der Waals surface area contributed by atoms with Gasteiger partial charge >= 0.3 is 5.97 Å². The van der Waals surface area contributed by atoms with Crippen LogP contribution in [0.5, 0.6) is 5.75 Å². The van der Waals surface area contributed by atoms with Gasteiger partial charge in [0.25, 0.3) is 0 Å². The number of aliphatic carboxylic acids is 1. The van der Waals surface area contributed by atoms with E-state index in [9.17, 15) is 63.0 Å². The molecule has 392 valence electrons. The molecule has 2 saturated heterocycles. The number of phenols is 1. The predicted molar refractivity (Wildman–Crippen MR) is 256 cm³/mol. The van der Waals surface area contributed by atoms with E-state index < -0.39 is 146 Å². The monoisotopic (exact) mass is 1020 g/mol. The molecule has 0 saturated carbocycles. The summed E-state index contributed by atoms with van der Waals surface area (Å²) in [5, 5.41) is 42.4. The van der Waals surface area contributed by atoms with Crippen molar-refractivity contribution in [1.82, 2.24) is 57.7 Å². The van der Waals surface area contributed by atoms with Gasteiger partial charge in [-0.3, -0.25) is 52.9 Å². The van der Waals surface area contributed by atoms with Crippen molar-refractivity contribution in [1.29, 1.82) is 0 Å². The maximum Gasteiger partial charge on any atom is 0.326 e. The van der Waals surface area contributed by atoms with Gasteiger partial charge in [0.1, 0.15) is 59.9 Å². The van der Waals surface area contributed by atoms with Crippen LogP contribution in [0.3, 0.4) is 0 Å². The number of aromatic nitrogens is 2. The smallest absolute Gasteiger partial charge is 0.326 e. The summed E-state index contributed by atoms with van der Waals surface area (Å²) in [6, 6.07) is 4.73. The van der Waals surface area contributed by atoms with E-state index in [1.54, 1.807) is 50.4 Å². The summed E-state index contributed by atoms with van der Waals surface area (Å²) in [7, 11) is 0. The fraction of sp³-hybridized carbons (Fsp3) is 0.458. The van der Waals surface area contributed by atoms with Gasteiger partial charge in [-0.2, -0.15) is 0 Å². The molecule has 13 N–H and O–H groups in total. The molecule has 0 aliphatic carbocycles. The molecule has 5 rings (SSSR count). The minimum atomic E-state index is -1.59. The molecular formula is C48H63N12O13+. The largest absolute Gasteiger partial charge is 0.508 e. The quantitative estimate of drug-likeness (QED) is 0.0835. The number of H-pyrrole nitrogens is 2. The van der Waals surface area contributed by atoms with E-state index in [4.69, 9.17) is 0 Å². The van der Waals surface area contributed by atoms with Gasteiger partial charge in [0.15, 0.2) is 0 Å². The maximum atomic E-state index is 14.4. The second-order valence-electron chi connectivity index (χ2n) is 18.1. The van der Waals surface area contributed by atoms with Crippen molar-refractivity contribution in [3.8, 4) is 5.75 Å². The predicted octanol–water partition coefficient (Wildman–Crippen LogP) is -3.64. The Morgan fingerprint density at radius 1 is 0.726 bits per heavy atom. The van der Waals surface area contributed by atoms with Crippen molar-refractivity contribution in [3.63, 3.8) is 0 Å². The Hall–Kier alpha value is -8.38. The fourth-order valence-electron chi connectivity index (χ4n) is 8.03. The van der Waals surface area contributed by atoms with Gasteiger partial charge in [0, 0.05) is 32.2 Å². The zero-order valence-corrected chi connectivity index (χ0v) is 40.6. The number of nitrogens with one attached hydrogen (secondary N) is 11. The summed E-state index contributed by atoms with van der Waals surface area (Å²) in [5.41, 5.74) is 1.53. The lowest BCUT2D eigenvalue weighted by Gasteiger charge is -2.32. The van der Waals surface area contributed by atoms with Gasteiger partial charge in [-0.05, 0) is 55.4 Å². The van der Waals surface area contributed by atoms with Crippen molar-refractivity contribution < 1.29 is 67.9 Å². The summed E-state index contributed by atoms with van der Waals surface area (Å²) in [6.45, 7) is 2.88. The Morgan fingerprint density at radius 3 is 2.04 bits per heavy atom. The molecule has 25 nitrogen and oxygen atoms in total. The zero-order valence-electron chi connectivity index (χ0n) is 40.6. The van der Waals surface area contributed by atoms with Crippen molar-refractivity contribution in [2.75, 3.05) is 26.2 Å². The summed E-state index contributed by atoms with van der Waals surface area (Å²) < 4.78 is 0. The van der Waals surface area contributed by atoms with E-state index in [1.165, 1.54) is 42.4 Å². The van der Waals surface area contributed by atoms with Crippen molar-refractivity contribution in [2.24, 2.45) is 5.92 Å². The second kappa shape index (κ2) is 26.7. The lowest BCUT2D eigenvalue weighted by molar-refractivity contribution is -0.376. The van der Waals surface area contributed by atoms with Gasteiger partial charge < -0.3 is 63.0 Å². The van der Waals surface area contributed by atoms with E-state index >= 15 is 0 Å². The zero-order chi connectivity index (χ0) is 53.2. The molecule has 0 radical (unpaired) electrons. The lowest BCUT2D eigenvalue weighted by Crippen LogP contribution is -2.60. The van der Waals surface area contributed by atoms with Crippen LogP contribution in [-0.4, -0.2) is 154 Å². The third-order valence-electron chi connectivity index (χ3n) is 12.0. The molecular weight excluding hydrogens is 953 g/mol. The molecule has 0 spiro atoms. The molecule has 2 aromatic carbocycles.